The fraction of sp³-hybridized carbons (Fsp3) is 1.00. The van der Waals surface area contributed by atoms with Gasteiger partial charge in [-0.05, 0) is 34.9 Å². The van der Waals surface area contributed by atoms with Gasteiger partial charge in [0.2, 0.25) is 0 Å². The third-order valence-corrected chi connectivity index (χ3v) is 2.83. The van der Waals surface area contributed by atoms with Crippen LogP contribution < -0.4 is 0 Å². The van der Waals surface area contributed by atoms with Crippen LogP contribution in [0, 0.1) is 0 Å². The minimum atomic E-state index is -0.700. The van der Waals surface area contributed by atoms with Gasteiger partial charge in [-0.15, -0.1) is 0 Å². The van der Waals surface area contributed by atoms with Crippen LogP contribution in [0.2, 0.25) is 0 Å². The van der Waals surface area contributed by atoms with E-state index in [1.54, 1.807) is 0 Å². The molecule has 0 unspecified atom stereocenters. The van der Waals surface area contributed by atoms with Gasteiger partial charge in [0.1, 0.15) is 6.17 Å². The summed E-state index contributed by atoms with van der Waals surface area (Å²) >= 11 is 0. The molecule has 3 heteroatoms. The Kier molecular flexibility index (Phi) is 2.98. The number of hydrogen-bond donors (Lipinski definition) is 0. The number of likely N-dealkylation sites (N-methyl/N-ethyl adjacent to an activating group) is 1. The molecule has 0 aliphatic carbocycles. The van der Waals surface area contributed by atoms with E-state index in [1.807, 2.05) is 19.0 Å². The third kappa shape index (κ3) is 2.41. The van der Waals surface area contributed by atoms with Gasteiger partial charge in [-0.1, -0.05) is 0 Å². The second-order valence-corrected chi connectivity index (χ2v) is 5.12. The minimum absolute atomic E-state index is 0.0687. The summed E-state index contributed by atoms with van der Waals surface area (Å²) in [6, 6.07) is 0.0687. The third-order valence-electron chi connectivity index (χ3n) is 2.83. The fourth-order valence-electron chi connectivity index (χ4n) is 1.78. The second-order valence-electron chi connectivity index (χ2n) is 5.12. The molecular formula is C10H21FN2. The van der Waals surface area contributed by atoms with E-state index in [9.17, 15) is 4.39 Å². The zero-order valence-corrected chi connectivity index (χ0v) is 9.34. The minimum Gasteiger partial charge on any atom is -0.302 e. The molecule has 1 saturated heterocycles. The van der Waals surface area contributed by atoms with Gasteiger partial charge in [-0.2, -0.15) is 0 Å². The molecule has 13 heavy (non-hydrogen) atoms. The van der Waals surface area contributed by atoms with Crippen molar-refractivity contribution in [1.29, 1.82) is 0 Å². The molecule has 0 N–H and O–H groups in total. The molecule has 1 aliphatic rings. The van der Waals surface area contributed by atoms with Crippen molar-refractivity contribution in [3.63, 3.8) is 0 Å². The van der Waals surface area contributed by atoms with Crippen molar-refractivity contribution < 1.29 is 4.39 Å². The number of nitrogens with zero attached hydrogens (tertiary/aromatic N) is 2. The molecule has 1 heterocycles. The molecule has 0 aromatic heterocycles. The van der Waals surface area contributed by atoms with Crippen molar-refractivity contribution in [2.45, 2.75) is 38.5 Å². The lowest BCUT2D eigenvalue weighted by Gasteiger charge is -2.31. The summed E-state index contributed by atoms with van der Waals surface area (Å²) in [7, 11) is 3.90. The summed E-state index contributed by atoms with van der Waals surface area (Å²) < 4.78 is 13.5. The fourth-order valence-corrected chi connectivity index (χ4v) is 1.78. The van der Waals surface area contributed by atoms with E-state index < -0.39 is 6.17 Å². The van der Waals surface area contributed by atoms with Gasteiger partial charge in [0.05, 0.1) is 6.04 Å². The lowest BCUT2D eigenvalue weighted by atomic mass is 10.1. The molecule has 2 atom stereocenters. The molecule has 78 valence electrons. The highest BCUT2D eigenvalue weighted by Gasteiger charge is 2.38. The Hall–Kier alpha value is -0.150. The molecule has 1 rings (SSSR count). The van der Waals surface area contributed by atoms with Crippen molar-refractivity contribution in [2.75, 3.05) is 27.2 Å². The van der Waals surface area contributed by atoms with Gasteiger partial charge in [0.15, 0.2) is 0 Å². The average Bonchev–Trinajstić information content (AvgIpc) is 2.29. The second kappa shape index (κ2) is 3.54. The van der Waals surface area contributed by atoms with Crippen molar-refractivity contribution in [1.82, 2.24) is 9.80 Å². The molecule has 1 aliphatic heterocycles. The topological polar surface area (TPSA) is 6.48 Å². The first kappa shape index (κ1) is 10.9. The van der Waals surface area contributed by atoms with Gasteiger partial charge in [-0.25, -0.2) is 4.39 Å². The van der Waals surface area contributed by atoms with Crippen molar-refractivity contribution in [3.8, 4) is 0 Å². The lowest BCUT2D eigenvalue weighted by molar-refractivity contribution is 0.158. The molecule has 0 spiro atoms. The summed E-state index contributed by atoms with van der Waals surface area (Å²) in [6.45, 7) is 7.83. The number of alkyl halides is 1. The molecule has 0 radical (unpaired) electrons. The Morgan fingerprint density at radius 2 is 1.77 bits per heavy atom. The normalized spacial score (nSPS) is 31.6. The van der Waals surface area contributed by atoms with Gasteiger partial charge < -0.3 is 4.90 Å². The highest BCUT2D eigenvalue weighted by Crippen LogP contribution is 2.24. The highest BCUT2D eigenvalue weighted by molar-refractivity contribution is 4.94. The van der Waals surface area contributed by atoms with Crippen LogP contribution in [0.15, 0.2) is 0 Å². The van der Waals surface area contributed by atoms with E-state index in [0.29, 0.717) is 6.54 Å². The van der Waals surface area contributed by atoms with E-state index >= 15 is 0 Å². The monoisotopic (exact) mass is 188 g/mol. The van der Waals surface area contributed by atoms with Crippen LogP contribution in [-0.4, -0.2) is 54.7 Å². The highest BCUT2D eigenvalue weighted by atomic mass is 19.1. The summed E-state index contributed by atoms with van der Waals surface area (Å²) in [5, 5.41) is 0. The Labute approximate surface area is 80.7 Å². The maximum absolute atomic E-state index is 13.5. The van der Waals surface area contributed by atoms with E-state index in [-0.39, 0.29) is 11.6 Å². The Balaban J connectivity index is 2.60. The summed E-state index contributed by atoms with van der Waals surface area (Å²) in [6.07, 6.45) is -0.700. The maximum Gasteiger partial charge on any atom is 0.129 e. The van der Waals surface area contributed by atoms with E-state index in [2.05, 4.69) is 25.7 Å². The Morgan fingerprint density at radius 3 is 2.00 bits per heavy atom. The molecule has 0 bridgehead atoms. The maximum atomic E-state index is 13.5. The van der Waals surface area contributed by atoms with Crippen LogP contribution in [-0.2, 0) is 0 Å². The van der Waals surface area contributed by atoms with Crippen LogP contribution >= 0.6 is 0 Å². The zero-order chi connectivity index (χ0) is 10.2. The van der Waals surface area contributed by atoms with Crippen LogP contribution in [0.3, 0.4) is 0 Å². The molecule has 0 aromatic rings. The van der Waals surface area contributed by atoms with Crippen LogP contribution in [0.25, 0.3) is 0 Å². The van der Waals surface area contributed by atoms with Gasteiger partial charge in [0.25, 0.3) is 0 Å². The molecular weight excluding hydrogens is 167 g/mol. The van der Waals surface area contributed by atoms with E-state index in [1.165, 1.54) is 0 Å². The number of hydrogen-bond acceptors (Lipinski definition) is 2. The molecule has 0 saturated carbocycles. The van der Waals surface area contributed by atoms with Gasteiger partial charge in [0, 0.05) is 18.6 Å². The Bertz CT molecular complexity index is 174. The van der Waals surface area contributed by atoms with Crippen LogP contribution in [0.4, 0.5) is 4.39 Å². The zero-order valence-electron chi connectivity index (χ0n) is 9.34. The number of halogens is 1. The predicted octanol–water partition coefficient (Wildman–Crippen LogP) is 1.37. The largest absolute Gasteiger partial charge is 0.302 e. The first-order valence-electron chi connectivity index (χ1n) is 4.88. The SMILES string of the molecule is CN(C)[C@@H]1CN(C(C)(C)C)C[C@@H]1F. The van der Waals surface area contributed by atoms with Gasteiger partial charge >= 0.3 is 0 Å². The number of likely N-dealkylation sites (tertiary alicyclic amines) is 1. The van der Waals surface area contributed by atoms with Crippen molar-refractivity contribution >= 4 is 0 Å². The average molecular weight is 188 g/mol. The van der Waals surface area contributed by atoms with E-state index in [0.717, 1.165) is 6.54 Å². The summed E-state index contributed by atoms with van der Waals surface area (Å²) in [4.78, 5) is 4.19. The molecule has 1 fully saturated rings. The van der Waals surface area contributed by atoms with E-state index in [4.69, 9.17) is 0 Å². The quantitative estimate of drug-likeness (QED) is 0.613. The van der Waals surface area contributed by atoms with Gasteiger partial charge in [-0.3, -0.25) is 4.90 Å². The standard InChI is InChI=1S/C10H21FN2/c1-10(2,3)13-6-8(11)9(7-13)12(4)5/h8-9H,6-7H2,1-5H3/t8-,9+/m0/s1. The molecule has 0 aromatic carbocycles. The summed E-state index contributed by atoms with van der Waals surface area (Å²) in [5.41, 5.74) is 0.0924. The first-order chi connectivity index (χ1) is 5.82. The lowest BCUT2D eigenvalue weighted by Crippen LogP contribution is -2.41. The molecule has 0 amide bonds. The van der Waals surface area contributed by atoms with Crippen molar-refractivity contribution in [2.24, 2.45) is 0 Å². The molecule has 2 nitrogen and oxygen atoms in total. The number of rotatable bonds is 1. The summed E-state index contributed by atoms with van der Waals surface area (Å²) in [5.74, 6) is 0. The van der Waals surface area contributed by atoms with Crippen LogP contribution in [0.5, 0.6) is 0 Å². The van der Waals surface area contributed by atoms with Crippen molar-refractivity contribution in [3.05, 3.63) is 0 Å². The predicted molar refractivity (Wildman–Crippen MR) is 53.7 cm³/mol. The first-order valence-corrected chi connectivity index (χ1v) is 4.88. The Morgan fingerprint density at radius 1 is 1.23 bits per heavy atom. The van der Waals surface area contributed by atoms with Crippen LogP contribution in [0.1, 0.15) is 20.8 Å². The smallest absolute Gasteiger partial charge is 0.129 e.